The fraction of sp³-hybridized carbons (Fsp3) is 0.143. The summed E-state index contributed by atoms with van der Waals surface area (Å²) in [4.78, 5) is 4.03. The highest BCUT2D eigenvalue weighted by Gasteiger charge is 2.02. The molecule has 2 aromatic rings. The van der Waals surface area contributed by atoms with Gasteiger partial charge in [-0.25, -0.2) is 0 Å². The van der Waals surface area contributed by atoms with Crippen LogP contribution in [-0.2, 0) is 6.54 Å². The van der Waals surface area contributed by atoms with Crippen molar-refractivity contribution >= 4 is 5.69 Å². The van der Waals surface area contributed by atoms with Crippen LogP contribution in [0, 0.1) is 11.3 Å². The maximum absolute atomic E-state index is 8.53. The van der Waals surface area contributed by atoms with Gasteiger partial charge in [-0.05, 0) is 18.2 Å². The first kappa shape index (κ1) is 11.9. The molecular weight excluding hydrogens is 226 g/mol. The molecule has 4 nitrogen and oxygen atoms in total. The highest BCUT2D eigenvalue weighted by atomic mass is 16.5. The summed E-state index contributed by atoms with van der Waals surface area (Å²) < 4.78 is 5.36. The van der Waals surface area contributed by atoms with Gasteiger partial charge >= 0.3 is 0 Å². The Kier molecular flexibility index (Phi) is 4.15. The predicted molar refractivity (Wildman–Crippen MR) is 69.1 cm³/mol. The Bertz CT molecular complexity index is 534. The van der Waals surface area contributed by atoms with Crippen LogP contribution in [0.3, 0.4) is 0 Å². The topological polar surface area (TPSA) is 57.9 Å². The van der Waals surface area contributed by atoms with Gasteiger partial charge in [0.05, 0.1) is 5.69 Å². The summed E-state index contributed by atoms with van der Waals surface area (Å²) in [6.07, 6.45) is 3.49. The Hall–Kier alpha value is -2.54. The van der Waals surface area contributed by atoms with E-state index in [0.717, 1.165) is 17.0 Å². The lowest BCUT2D eigenvalue weighted by Crippen LogP contribution is -2.03. The summed E-state index contributed by atoms with van der Waals surface area (Å²) in [5, 5.41) is 11.8. The summed E-state index contributed by atoms with van der Waals surface area (Å²) in [6.45, 7) is 0.692. The van der Waals surface area contributed by atoms with E-state index in [0.29, 0.717) is 6.54 Å². The fourth-order valence-corrected chi connectivity index (χ4v) is 1.57. The lowest BCUT2D eigenvalue weighted by atomic mass is 10.2. The van der Waals surface area contributed by atoms with Crippen LogP contribution in [0.1, 0.15) is 5.56 Å². The zero-order valence-corrected chi connectivity index (χ0v) is 9.84. The van der Waals surface area contributed by atoms with Crippen molar-refractivity contribution in [2.75, 3.05) is 11.9 Å². The third kappa shape index (κ3) is 3.22. The Morgan fingerprint density at radius 1 is 1.22 bits per heavy atom. The van der Waals surface area contributed by atoms with Gasteiger partial charge in [-0.15, -0.1) is 0 Å². The predicted octanol–water partition coefficient (Wildman–Crippen LogP) is 2.60. The van der Waals surface area contributed by atoms with Gasteiger partial charge in [0.15, 0.2) is 6.61 Å². The van der Waals surface area contributed by atoms with E-state index in [1.165, 1.54) is 0 Å². The Labute approximate surface area is 106 Å². The molecule has 0 atom stereocenters. The van der Waals surface area contributed by atoms with Crippen molar-refractivity contribution < 1.29 is 4.74 Å². The van der Waals surface area contributed by atoms with Crippen molar-refractivity contribution in [1.29, 1.82) is 5.26 Å². The lowest BCUT2D eigenvalue weighted by molar-refractivity contribution is 0.364. The Balaban J connectivity index is 2.03. The van der Waals surface area contributed by atoms with E-state index in [1.54, 1.807) is 12.4 Å². The number of pyridine rings is 1. The minimum absolute atomic E-state index is 0.0594. The van der Waals surface area contributed by atoms with Gasteiger partial charge in [0.2, 0.25) is 0 Å². The number of para-hydroxylation sites is 1. The van der Waals surface area contributed by atoms with Crippen molar-refractivity contribution in [3.05, 3.63) is 54.4 Å². The van der Waals surface area contributed by atoms with Crippen molar-refractivity contribution in [2.45, 2.75) is 6.54 Å². The minimum Gasteiger partial charge on any atom is -0.478 e. The second-order valence-electron chi connectivity index (χ2n) is 3.65. The minimum atomic E-state index is 0.0594. The molecule has 0 aliphatic heterocycles. The molecule has 0 saturated carbocycles. The maximum Gasteiger partial charge on any atom is 0.174 e. The second kappa shape index (κ2) is 6.26. The SMILES string of the molecule is N#CCOc1ccccc1CNc1cccnc1. The Morgan fingerprint density at radius 3 is 2.89 bits per heavy atom. The number of nitrogens with zero attached hydrogens (tertiary/aromatic N) is 2. The third-order valence-corrected chi connectivity index (χ3v) is 2.41. The highest BCUT2D eigenvalue weighted by Crippen LogP contribution is 2.19. The average molecular weight is 239 g/mol. The van der Waals surface area contributed by atoms with Crippen molar-refractivity contribution in [3.63, 3.8) is 0 Å². The molecule has 0 aliphatic carbocycles. The number of anilines is 1. The molecule has 0 spiro atoms. The highest BCUT2D eigenvalue weighted by molar-refractivity contribution is 5.43. The molecule has 18 heavy (non-hydrogen) atoms. The first-order valence-corrected chi connectivity index (χ1v) is 5.61. The van der Waals surface area contributed by atoms with Crippen LogP contribution in [0.25, 0.3) is 0 Å². The van der Waals surface area contributed by atoms with E-state index in [1.807, 2.05) is 42.5 Å². The molecule has 1 heterocycles. The first-order valence-electron chi connectivity index (χ1n) is 5.61. The first-order chi connectivity index (χ1) is 8.90. The van der Waals surface area contributed by atoms with Crippen molar-refractivity contribution in [1.82, 2.24) is 4.98 Å². The number of benzene rings is 1. The standard InChI is InChI=1S/C14H13N3O/c15-7-9-18-14-6-2-1-4-12(14)10-17-13-5-3-8-16-11-13/h1-6,8,11,17H,9-10H2. The number of hydrogen-bond acceptors (Lipinski definition) is 4. The zero-order chi connectivity index (χ0) is 12.6. The molecule has 0 amide bonds. The van der Waals surface area contributed by atoms with Crippen LogP contribution < -0.4 is 10.1 Å². The van der Waals surface area contributed by atoms with Gasteiger partial charge in [-0.1, -0.05) is 18.2 Å². The molecule has 2 rings (SSSR count). The largest absolute Gasteiger partial charge is 0.478 e. The van der Waals surface area contributed by atoms with E-state index in [-0.39, 0.29) is 6.61 Å². The molecule has 0 unspecified atom stereocenters. The lowest BCUT2D eigenvalue weighted by Gasteiger charge is -2.10. The molecule has 0 aliphatic rings. The molecular formula is C14H13N3O. The van der Waals surface area contributed by atoms with E-state index < -0.39 is 0 Å². The number of hydrogen-bond donors (Lipinski definition) is 1. The van der Waals surface area contributed by atoms with Gasteiger partial charge in [0, 0.05) is 24.5 Å². The summed E-state index contributed by atoms with van der Waals surface area (Å²) in [5.41, 5.74) is 1.96. The molecule has 90 valence electrons. The van der Waals surface area contributed by atoms with Gasteiger partial charge in [-0.3, -0.25) is 4.98 Å². The number of ether oxygens (including phenoxy) is 1. The van der Waals surface area contributed by atoms with Crippen LogP contribution in [0.2, 0.25) is 0 Å². The molecule has 0 fully saturated rings. The van der Waals surface area contributed by atoms with Gasteiger partial charge in [0.25, 0.3) is 0 Å². The van der Waals surface area contributed by atoms with Crippen LogP contribution in [0.4, 0.5) is 5.69 Å². The molecule has 0 bridgehead atoms. The van der Waals surface area contributed by atoms with Gasteiger partial charge < -0.3 is 10.1 Å². The van der Waals surface area contributed by atoms with Crippen LogP contribution in [-0.4, -0.2) is 11.6 Å². The molecule has 1 aromatic heterocycles. The smallest absolute Gasteiger partial charge is 0.174 e. The summed E-state index contributed by atoms with van der Waals surface area (Å²) in [6, 6.07) is 13.5. The van der Waals surface area contributed by atoms with Gasteiger partial charge in [-0.2, -0.15) is 5.26 Å². The van der Waals surface area contributed by atoms with Crippen LogP contribution >= 0.6 is 0 Å². The average Bonchev–Trinajstić information content (AvgIpc) is 2.45. The molecule has 4 heteroatoms. The molecule has 0 radical (unpaired) electrons. The number of rotatable bonds is 5. The summed E-state index contributed by atoms with van der Waals surface area (Å²) in [5.74, 6) is 0.732. The third-order valence-electron chi connectivity index (χ3n) is 2.41. The van der Waals surface area contributed by atoms with E-state index in [9.17, 15) is 0 Å². The number of aromatic nitrogens is 1. The van der Waals surface area contributed by atoms with E-state index in [4.69, 9.17) is 10.00 Å². The quantitative estimate of drug-likeness (QED) is 0.871. The number of nitrogens with one attached hydrogen (secondary N) is 1. The van der Waals surface area contributed by atoms with Crippen LogP contribution in [0.15, 0.2) is 48.8 Å². The molecule has 0 saturated heterocycles. The van der Waals surface area contributed by atoms with E-state index in [2.05, 4.69) is 10.3 Å². The monoisotopic (exact) mass is 239 g/mol. The second-order valence-corrected chi connectivity index (χ2v) is 3.65. The number of nitriles is 1. The Morgan fingerprint density at radius 2 is 2.11 bits per heavy atom. The normalized spacial score (nSPS) is 9.50. The van der Waals surface area contributed by atoms with Gasteiger partial charge in [0.1, 0.15) is 11.8 Å². The van der Waals surface area contributed by atoms with Crippen molar-refractivity contribution in [2.24, 2.45) is 0 Å². The van der Waals surface area contributed by atoms with E-state index >= 15 is 0 Å². The summed E-state index contributed by atoms with van der Waals surface area (Å²) >= 11 is 0. The molecule has 1 N–H and O–H groups in total. The molecule has 1 aromatic carbocycles. The van der Waals surface area contributed by atoms with Crippen LogP contribution in [0.5, 0.6) is 5.75 Å². The zero-order valence-electron chi connectivity index (χ0n) is 9.84. The maximum atomic E-state index is 8.53. The van der Waals surface area contributed by atoms with Crippen molar-refractivity contribution in [3.8, 4) is 11.8 Å². The fourth-order valence-electron chi connectivity index (χ4n) is 1.57. The summed E-state index contributed by atoms with van der Waals surface area (Å²) in [7, 11) is 0.